The third-order valence-electron chi connectivity index (χ3n) is 2.41. The van der Waals surface area contributed by atoms with Gasteiger partial charge >= 0.3 is 0 Å². The van der Waals surface area contributed by atoms with Gasteiger partial charge in [-0.15, -0.1) is 0 Å². The molecule has 1 aliphatic heterocycles. The number of allylic oxidation sites excluding steroid dienone is 1. The summed E-state index contributed by atoms with van der Waals surface area (Å²) in [7, 11) is 0. The zero-order chi connectivity index (χ0) is 8.72. The number of carbonyl (C=O) groups excluding carboxylic acids is 2. The van der Waals surface area contributed by atoms with E-state index >= 15 is 0 Å². The van der Waals surface area contributed by atoms with Crippen molar-refractivity contribution in [1.29, 1.82) is 0 Å². The molecule has 2 rings (SSSR count). The summed E-state index contributed by atoms with van der Waals surface area (Å²) in [6.07, 6.45) is 5.33. The van der Waals surface area contributed by atoms with Crippen LogP contribution in [0.1, 0.15) is 12.8 Å². The molecule has 1 fully saturated rings. The lowest BCUT2D eigenvalue weighted by Gasteiger charge is -2.13. The molecular weight excluding hydrogens is 178 g/mol. The van der Waals surface area contributed by atoms with Crippen molar-refractivity contribution in [2.75, 3.05) is 0 Å². The van der Waals surface area contributed by atoms with Gasteiger partial charge in [-0.05, 0) is 12.8 Å². The molecule has 1 aliphatic carbocycles. The predicted octanol–water partition coefficient (Wildman–Crippen LogP) is 1.09. The Labute approximate surface area is 75.1 Å². The lowest BCUT2D eigenvalue weighted by molar-refractivity contribution is -0.133. The summed E-state index contributed by atoms with van der Waals surface area (Å²) >= 11 is 5.49. The number of halogens is 1. The van der Waals surface area contributed by atoms with Crippen LogP contribution in [0.25, 0.3) is 0 Å². The molecule has 0 spiro atoms. The number of hydrogen-bond donors (Lipinski definition) is 0. The number of nitrogens with zero attached hydrogens (tertiary/aromatic N) is 1. The van der Waals surface area contributed by atoms with Crippen molar-refractivity contribution < 1.29 is 9.59 Å². The van der Waals surface area contributed by atoms with Crippen molar-refractivity contribution in [2.45, 2.75) is 12.8 Å². The Bertz CT molecular complexity index is 274. The largest absolute Gasteiger partial charge is 0.273 e. The van der Waals surface area contributed by atoms with E-state index in [1.165, 1.54) is 0 Å². The lowest BCUT2D eigenvalue weighted by atomic mass is 9.86. The fraction of sp³-hybridized carbons (Fsp3) is 0.500. The van der Waals surface area contributed by atoms with Gasteiger partial charge in [-0.25, -0.2) is 0 Å². The SMILES string of the molecule is O=C1C2C=CCCC2C(=O)N1Cl. The maximum absolute atomic E-state index is 11.3. The molecule has 0 aromatic rings. The van der Waals surface area contributed by atoms with E-state index in [4.69, 9.17) is 11.8 Å². The Balaban J connectivity index is 2.34. The van der Waals surface area contributed by atoms with Crippen molar-refractivity contribution in [3.63, 3.8) is 0 Å². The highest BCUT2D eigenvalue weighted by molar-refractivity contribution is 6.33. The van der Waals surface area contributed by atoms with Gasteiger partial charge in [-0.1, -0.05) is 12.2 Å². The van der Waals surface area contributed by atoms with E-state index in [1.54, 1.807) is 6.08 Å². The van der Waals surface area contributed by atoms with E-state index in [-0.39, 0.29) is 23.7 Å². The Morgan fingerprint density at radius 1 is 1.42 bits per heavy atom. The van der Waals surface area contributed by atoms with Crippen LogP contribution < -0.4 is 0 Å². The second kappa shape index (κ2) is 2.59. The van der Waals surface area contributed by atoms with Crippen LogP contribution in [-0.4, -0.2) is 16.2 Å². The van der Waals surface area contributed by atoms with Crippen LogP contribution >= 0.6 is 11.8 Å². The highest BCUT2D eigenvalue weighted by atomic mass is 35.5. The number of hydrogen-bond acceptors (Lipinski definition) is 2. The number of rotatable bonds is 0. The van der Waals surface area contributed by atoms with E-state index in [0.717, 1.165) is 17.3 Å². The van der Waals surface area contributed by atoms with Gasteiger partial charge in [0.1, 0.15) is 0 Å². The number of fused-ring (bicyclic) bond motifs is 1. The van der Waals surface area contributed by atoms with Crippen LogP contribution in [0.15, 0.2) is 12.2 Å². The molecule has 2 amide bonds. The monoisotopic (exact) mass is 185 g/mol. The summed E-state index contributed by atoms with van der Waals surface area (Å²) in [6, 6.07) is 0. The summed E-state index contributed by atoms with van der Waals surface area (Å²) < 4.78 is 0.727. The molecule has 2 unspecified atom stereocenters. The first-order chi connectivity index (χ1) is 5.72. The van der Waals surface area contributed by atoms with E-state index in [2.05, 4.69) is 0 Å². The smallest absolute Gasteiger partial charge is 0.251 e. The van der Waals surface area contributed by atoms with Crippen LogP contribution in [-0.2, 0) is 9.59 Å². The van der Waals surface area contributed by atoms with Crippen molar-refractivity contribution in [1.82, 2.24) is 4.42 Å². The highest BCUT2D eigenvalue weighted by Crippen LogP contribution is 2.34. The number of amides is 2. The fourth-order valence-corrected chi connectivity index (χ4v) is 1.99. The minimum Gasteiger partial charge on any atom is -0.273 e. The second-order valence-electron chi connectivity index (χ2n) is 3.10. The van der Waals surface area contributed by atoms with Gasteiger partial charge < -0.3 is 0 Å². The quantitative estimate of drug-likeness (QED) is 0.322. The Morgan fingerprint density at radius 2 is 2.17 bits per heavy atom. The second-order valence-corrected chi connectivity index (χ2v) is 3.43. The number of imide groups is 1. The van der Waals surface area contributed by atoms with Crippen molar-refractivity contribution in [3.8, 4) is 0 Å². The normalized spacial score (nSPS) is 34.2. The summed E-state index contributed by atoms with van der Waals surface area (Å²) in [5, 5.41) is 0. The van der Waals surface area contributed by atoms with E-state index in [9.17, 15) is 9.59 Å². The highest BCUT2D eigenvalue weighted by Gasteiger charge is 2.46. The maximum atomic E-state index is 11.3. The van der Waals surface area contributed by atoms with Gasteiger partial charge in [0.25, 0.3) is 5.91 Å². The van der Waals surface area contributed by atoms with E-state index in [1.807, 2.05) is 6.08 Å². The van der Waals surface area contributed by atoms with Gasteiger partial charge in [0.2, 0.25) is 5.91 Å². The van der Waals surface area contributed by atoms with Crippen LogP contribution in [0, 0.1) is 11.8 Å². The molecule has 12 heavy (non-hydrogen) atoms. The van der Waals surface area contributed by atoms with E-state index < -0.39 is 0 Å². The average molecular weight is 186 g/mol. The van der Waals surface area contributed by atoms with Gasteiger partial charge in [0.15, 0.2) is 0 Å². The molecule has 0 aromatic carbocycles. The zero-order valence-electron chi connectivity index (χ0n) is 6.37. The standard InChI is InChI=1S/C8H8ClNO2/c9-10-7(11)5-3-1-2-4-6(5)8(10)12/h1,3,5-6H,2,4H2. The summed E-state index contributed by atoms with van der Waals surface area (Å²) in [6.45, 7) is 0. The Morgan fingerprint density at radius 3 is 2.83 bits per heavy atom. The molecule has 0 aromatic heterocycles. The summed E-state index contributed by atoms with van der Waals surface area (Å²) in [4.78, 5) is 22.6. The third-order valence-corrected chi connectivity index (χ3v) is 2.74. The van der Waals surface area contributed by atoms with Crippen molar-refractivity contribution in [2.24, 2.45) is 11.8 Å². The predicted molar refractivity (Wildman–Crippen MR) is 43.1 cm³/mol. The topological polar surface area (TPSA) is 37.4 Å². The van der Waals surface area contributed by atoms with Crippen LogP contribution in [0.4, 0.5) is 0 Å². The molecule has 2 atom stereocenters. The summed E-state index contributed by atoms with van der Waals surface area (Å²) in [5.74, 6) is -0.998. The molecule has 1 saturated heterocycles. The van der Waals surface area contributed by atoms with Gasteiger partial charge in [-0.3, -0.25) is 9.59 Å². The molecule has 0 N–H and O–H groups in total. The van der Waals surface area contributed by atoms with Gasteiger partial charge in [-0.2, -0.15) is 4.42 Å². The zero-order valence-corrected chi connectivity index (χ0v) is 7.12. The Hall–Kier alpha value is -0.830. The minimum atomic E-state index is -0.288. The molecule has 0 radical (unpaired) electrons. The molecule has 0 saturated carbocycles. The van der Waals surface area contributed by atoms with Crippen molar-refractivity contribution in [3.05, 3.63) is 12.2 Å². The molecule has 0 bridgehead atoms. The summed E-state index contributed by atoms with van der Waals surface area (Å²) in [5.41, 5.74) is 0. The number of carbonyl (C=O) groups is 2. The lowest BCUT2D eigenvalue weighted by Crippen LogP contribution is -2.20. The molecule has 3 nitrogen and oxygen atoms in total. The van der Waals surface area contributed by atoms with E-state index in [0.29, 0.717) is 0 Å². The third kappa shape index (κ3) is 0.894. The molecule has 1 heterocycles. The maximum Gasteiger partial charge on any atom is 0.251 e. The van der Waals surface area contributed by atoms with Crippen LogP contribution in [0.2, 0.25) is 0 Å². The van der Waals surface area contributed by atoms with Gasteiger partial charge in [0.05, 0.1) is 11.8 Å². The first-order valence-electron chi connectivity index (χ1n) is 3.92. The van der Waals surface area contributed by atoms with Gasteiger partial charge in [0, 0.05) is 11.8 Å². The van der Waals surface area contributed by atoms with Crippen molar-refractivity contribution >= 4 is 23.6 Å². The van der Waals surface area contributed by atoms with Crippen LogP contribution in [0.5, 0.6) is 0 Å². The molecule has 2 aliphatic rings. The Kier molecular flexibility index (Phi) is 1.68. The first-order valence-corrected chi connectivity index (χ1v) is 4.26. The fourth-order valence-electron chi connectivity index (χ4n) is 1.75. The minimum absolute atomic E-state index is 0.194. The molecule has 4 heteroatoms. The first kappa shape index (κ1) is 7.80. The molecular formula is C8H8ClNO2. The molecule has 64 valence electrons. The average Bonchev–Trinajstić information content (AvgIpc) is 2.33. The van der Waals surface area contributed by atoms with Crippen LogP contribution in [0.3, 0.4) is 0 Å².